The predicted octanol–water partition coefficient (Wildman–Crippen LogP) is 1.25. The summed E-state index contributed by atoms with van der Waals surface area (Å²) < 4.78 is 4.96. The molecule has 1 amide bonds. The quantitative estimate of drug-likeness (QED) is 0.713. The number of nitrogens with zero attached hydrogens (tertiary/aromatic N) is 3. The van der Waals surface area contributed by atoms with Crippen LogP contribution in [-0.2, 0) is 11.3 Å². The second kappa shape index (κ2) is 8.68. The maximum absolute atomic E-state index is 12.0. The van der Waals surface area contributed by atoms with Crippen molar-refractivity contribution in [3.8, 4) is 0 Å². The average molecular weight is 301 g/mol. The Labute approximate surface area is 129 Å². The fourth-order valence-corrected chi connectivity index (χ4v) is 1.74. The summed E-state index contributed by atoms with van der Waals surface area (Å²) in [4.78, 5) is 16.1. The summed E-state index contributed by atoms with van der Waals surface area (Å²) in [5, 5.41) is 13.7. The zero-order chi connectivity index (χ0) is 15.6. The molecule has 7 nitrogen and oxygen atoms in total. The van der Waals surface area contributed by atoms with Crippen molar-refractivity contribution in [2.24, 2.45) is 0 Å². The summed E-state index contributed by atoms with van der Waals surface area (Å²) >= 11 is 0. The van der Waals surface area contributed by atoms with E-state index in [1.807, 2.05) is 18.2 Å². The molecule has 0 unspecified atom stereocenters. The Morgan fingerprint density at radius 2 is 2.14 bits per heavy atom. The van der Waals surface area contributed by atoms with Gasteiger partial charge in [0, 0.05) is 26.5 Å². The summed E-state index contributed by atoms with van der Waals surface area (Å²) in [5.74, 6) is 0.362. The third-order valence-corrected chi connectivity index (χ3v) is 2.88. The smallest absolute Gasteiger partial charge is 0.272 e. The lowest BCUT2D eigenvalue weighted by molar-refractivity contribution is 0.0944. The van der Waals surface area contributed by atoms with Crippen molar-refractivity contribution >= 4 is 11.7 Å². The number of ether oxygens (including phenoxy) is 1. The number of hydrogen-bond acceptors (Lipinski definition) is 6. The topological polar surface area (TPSA) is 89.0 Å². The van der Waals surface area contributed by atoms with E-state index in [4.69, 9.17) is 4.74 Å². The van der Waals surface area contributed by atoms with Crippen molar-refractivity contribution in [1.29, 1.82) is 0 Å². The molecule has 0 bridgehead atoms. The lowest BCUT2D eigenvalue weighted by Gasteiger charge is -2.06. The molecule has 0 aromatic carbocycles. The lowest BCUT2D eigenvalue weighted by atomic mass is 10.3. The van der Waals surface area contributed by atoms with E-state index in [2.05, 4.69) is 25.8 Å². The number of hydrogen-bond donors (Lipinski definition) is 2. The Bertz CT molecular complexity index is 574. The van der Waals surface area contributed by atoms with Gasteiger partial charge in [0.1, 0.15) is 5.82 Å². The van der Waals surface area contributed by atoms with Gasteiger partial charge in [0.25, 0.3) is 5.91 Å². The average Bonchev–Trinajstić information content (AvgIpc) is 2.58. The van der Waals surface area contributed by atoms with Crippen molar-refractivity contribution in [3.63, 3.8) is 0 Å². The summed E-state index contributed by atoms with van der Waals surface area (Å²) in [6, 6.07) is 8.92. The van der Waals surface area contributed by atoms with Gasteiger partial charge in [-0.05, 0) is 30.7 Å². The van der Waals surface area contributed by atoms with E-state index in [1.54, 1.807) is 25.4 Å². The fourth-order valence-electron chi connectivity index (χ4n) is 1.74. The molecule has 2 aromatic heterocycles. The molecule has 0 saturated carbocycles. The van der Waals surface area contributed by atoms with E-state index in [9.17, 15) is 4.79 Å². The van der Waals surface area contributed by atoms with Crippen LogP contribution >= 0.6 is 0 Å². The Balaban J connectivity index is 1.80. The number of carbonyl (C=O) groups is 1. The van der Waals surface area contributed by atoms with Crippen LogP contribution in [0.4, 0.5) is 5.82 Å². The Morgan fingerprint density at radius 3 is 2.82 bits per heavy atom. The van der Waals surface area contributed by atoms with Crippen LogP contribution in [-0.4, -0.2) is 41.3 Å². The first kappa shape index (κ1) is 15.8. The molecule has 0 fully saturated rings. The third-order valence-electron chi connectivity index (χ3n) is 2.88. The second-order valence-electron chi connectivity index (χ2n) is 4.58. The first-order chi connectivity index (χ1) is 10.8. The number of rotatable bonds is 8. The molecule has 0 spiro atoms. The third kappa shape index (κ3) is 5.10. The molecule has 2 heterocycles. The molecule has 0 radical (unpaired) electrons. The van der Waals surface area contributed by atoms with Crippen molar-refractivity contribution in [1.82, 2.24) is 20.5 Å². The second-order valence-corrected chi connectivity index (χ2v) is 4.58. The molecule has 0 aliphatic heterocycles. The van der Waals surface area contributed by atoms with Crippen LogP contribution in [0.3, 0.4) is 0 Å². The number of carbonyl (C=O) groups excluding carboxylic acids is 1. The van der Waals surface area contributed by atoms with Crippen LogP contribution in [0.15, 0.2) is 36.5 Å². The molecule has 0 aliphatic rings. The minimum Gasteiger partial charge on any atom is -0.385 e. The van der Waals surface area contributed by atoms with Crippen LogP contribution in [0.25, 0.3) is 0 Å². The minimum atomic E-state index is -0.274. The van der Waals surface area contributed by atoms with Crippen molar-refractivity contribution in [2.75, 3.05) is 25.6 Å². The van der Waals surface area contributed by atoms with E-state index in [1.165, 1.54) is 0 Å². The number of methoxy groups -OCH3 is 1. The fraction of sp³-hybridized carbons (Fsp3) is 0.333. The minimum absolute atomic E-state index is 0.274. The first-order valence-electron chi connectivity index (χ1n) is 7.04. The normalized spacial score (nSPS) is 10.2. The molecule has 0 saturated heterocycles. The highest BCUT2D eigenvalue weighted by Crippen LogP contribution is 2.02. The van der Waals surface area contributed by atoms with Crippen LogP contribution in [0.1, 0.15) is 22.6 Å². The molecule has 2 aromatic rings. The monoisotopic (exact) mass is 301 g/mol. The molecular weight excluding hydrogens is 282 g/mol. The number of aromatic nitrogens is 3. The van der Waals surface area contributed by atoms with Gasteiger partial charge < -0.3 is 15.4 Å². The van der Waals surface area contributed by atoms with Gasteiger partial charge in [-0.3, -0.25) is 9.78 Å². The van der Waals surface area contributed by atoms with Gasteiger partial charge >= 0.3 is 0 Å². The molecule has 7 heteroatoms. The Kier molecular flexibility index (Phi) is 6.25. The maximum atomic E-state index is 12.0. The summed E-state index contributed by atoms with van der Waals surface area (Å²) in [6.07, 6.45) is 2.57. The standard InChI is InChI=1S/C15H19N5O2/c1-22-10-4-9-17-14-7-6-13(19-20-14)15(21)18-11-12-5-2-3-8-16-12/h2-3,5-8H,4,9-11H2,1H3,(H,17,20)(H,18,21). The highest BCUT2D eigenvalue weighted by Gasteiger charge is 2.08. The molecule has 0 atom stereocenters. The molecule has 2 N–H and O–H groups in total. The largest absolute Gasteiger partial charge is 0.385 e. The van der Waals surface area contributed by atoms with E-state index in [0.29, 0.717) is 19.0 Å². The van der Waals surface area contributed by atoms with Gasteiger partial charge in [-0.1, -0.05) is 6.07 Å². The molecular formula is C15H19N5O2. The van der Waals surface area contributed by atoms with Gasteiger partial charge in [0.15, 0.2) is 5.69 Å². The van der Waals surface area contributed by atoms with Gasteiger partial charge in [0.05, 0.1) is 12.2 Å². The number of anilines is 1. The molecule has 22 heavy (non-hydrogen) atoms. The summed E-state index contributed by atoms with van der Waals surface area (Å²) in [7, 11) is 1.66. The SMILES string of the molecule is COCCCNc1ccc(C(=O)NCc2ccccn2)nn1. The van der Waals surface area contributed by atoms with E-state index < -0.39 is 0 Å². The van der Waals surface area contributed by atoms with Crippen LogP contribution in [0.5, 0.6) is 0 Å². The highest BCUT2D eigenvalue weighted by molar-refractivity contribution is 5.92. The van der Waals surface area contributed by atoms with Gasteiger partial charge in [-0.2, -0.15) is 0 Å². The Morgan fingerprint density at radius 1 is 1.23 bits per heavy atom. The van der Waals surface area contributed by atoms with Crippen molar-refractivity contribution in [3.05, 3.63) is 47.9 Å². The predicted molar refractivity (Wildman–Crippen MR) is 82.4 cm³/mol. The number of amides is 1. The molecule has 116 valence electrons. The van der Waals surface area contributed by atoms with Crippen molar-refractivity contribution in [2.45, 2.75) is 13.0 Å². The van der Waals surface area contributed by atoms with Crippen LogP contribution < -0.4 is 10.6 Å². The highest BCUT2D eigenvalue weighted by atomic mass is 16.5. The van der Waals surface area contributed by atoms with E-state index >= 15 is 0 Å². The zero-order valence-electron chi connectivity index (χ0n) is 12.5. The first-order valence-corrected chi connectivity index (χ1v) is 7.04. The van der Waals surface area contributed by atoms with E-state index in [-0.39, 0.29) is 11.6 Å². The lowest BCUT2D eigenvalue weighted by Crippen LogP contribution is -2.24. The maximum Gasteiger partial charge on any atom is 0.272 e. The summed E-state index contributed by atoms with van der Waals surface area (Å²) in [5.41, 5.74) is 1.07. The molecule has 2 rings (SSSR count). The Hall–Kier alpha value is -2.54. The van der Waals surface area contributed by atoms with Crippen LogP contribution in [0, 0.1) is 0 Å². The van der Waals surface area contributed by atoms with E-state index in [0.717, 1.165) is 18.7 Å². The molecule has 0 aliphatic carbocycles. The number of pyridine rings is 1. The van der Waals surface area contributed by atoms with Crippen molar-refractivity contribution < 1.29 is 9.53 Å². The van der Waals surface area contributed by atoms with Gasteiger partial charge in [-0.25, -0.2) is 0 Å². The zero-order valence-corrected chi connectivity index (χ0v) is 12.5. The van der Waals surface area contributed by atoms with Gasteiger partial charge in [0.2, 0.25) is 0 Å². The summed E-state index contributed by atoms with van der Waals surface area (Å²) in [6.45, 7) is 1.79. The number of nitrogens with one attached hydrogen (secondary N) is 2. The van der Waals surface area contributed by atoms with Gasteiger partial charge in [-0.15, -0.1) is 10.2 Å². The van der Waals surface area contributed by atoms with Crippen LogP contribution in [0.2, 0.25) is 0 Å².